The van der Waals surface area contributed by atoms with E-state index in [0.717, 1.165) is 4.47 Å². The second kappa shape index (κ2) is 4.88. The summed E-state index contributed by atoms with van der Waals surface area (Å²) >= 11 is 15.0. The Labute approximate surface area is 101 Å². The zero-order chi connectivity index (χ0) is 10.7. The first kappa shape index (κ1) is 11.6. The monoisotopic (exact) mass is 293 g/mol. The van der Waals surface area contributed by atoms with Gasteiger partial charge in [-0.2, -0.15) is 5.26 Å². The predicted octanol–water partition coefficient (Wildman–Crippen LogP) is 4.05. The highest BCUT2D eigenvalue weighted by molar-refractivity contribution is 9.10. The van der Waals surface area contributed by atoms with Gasteiger partial charge in [0.15, 0.2) is 11.9 Å². The standard InChI is InChI=1S/C9H6BrCl2NO/c1-5(4-13)14-9-7(11)2-6(10)3-8(9)12/h2-3,5H,1H3. The Morgan fingerprint density at radius 1 is 1.43 bits per heavy atom. The van der Waals surface area contributed by atoms with Gasteiger partial charge >= 0.3 is 0 Å². The van der Waals surface area contributed by atoms with Crippen molar-refractivity contribution in [2.24, 2.45) is 0 Å². The van der Waals surface area contributed by atoms with Crippen molar-refractivity contribution in [2.75, 3.05) is 0 Å². The number of benzene rings is 1. The maximum Gasteiger partial charge on any atom is 0.181 e. The molecule has 74 valence electrons. The van der Waals surface area contributed by atoms with Crippen molar-refractivity contribution in [3.8, 4) is 11.8 Å². The van der Waals surface area contributed by atoms with Gasteiger partial charge in [0.05, 0.1) is 10.0 Å². The van der Waals surface area contributed by atoms with Crippen LogP contribution in [-0.2, 0) is 0 Å². The fourth-order valence-electron chi connectivity index (χ4n) is 0.845. The molecule has 0 aliphatic carbocycles. The van der Waals surface area contributed by atoms with Gasteiger partial charge in [0.1, 0.15) is 6.07 Å². The lowest BCUT2D eigenvalue weighted by Crippen LogP contribution is -2.08. The van der Waals surface area contributed by atoms with E-state index >= 15 is 0 Å². The Bertz CT molecular complexity index is 366. The zero-order valence-corrected chi connectivity index (χ0v) is 10.3. The Morgan fingerprint density at radius 2 is 1.93 bits per heavy atom. The van der Waals surface area contributed by atoms with Crippen molar-refractivity contribution in [3.05, 3.63) is 26.7 Å². The molecule has 2 nitrogen and oxygen atoms in total. The summed E-state index contributed by atoms with van der Waals surface area (Å²) in [4.78, 5) is 0. The Balaban J connectivity index is 3.04. The highest BCUT2D eigenvalue weighted by Gasteiger charge is 2.11. The first-order valence-electron chi connectivity index (χ1n) is 3.75. The fourth-order valence-corrected chi connectivity index (χ4v) is 2.14. The second-order valence-corrected chi connectivity index (χ2v) is 4.32. The van der Waals surface area contributed by atoms with E-state index in [1.165, 1.54) is 0 Å². The van der Waals surface area contributed by atoms with Crippen LogP contribution in [0.4, 0.5) is 0 Å². The Hall–Kier alpha value is -0.430. The van der Waals surface area contributed by atoms with E-state index in [9.17, 15) is 0 Å². The minimum absolute atomic E-state index is 0.339. The van der Waals surface area contributed by atoms with Crippen molar-refractivity contribution >= 4 is 39.1 Å². The molecule has 1 rings (SSSR count). The van der Waals surface area contributed by atoms with Gasteiger partial charge in [0.2, 0.25) is 0 Å². The molecular formula is C9H6BrCl2NO. The molecule has 0 aliphatic rings. The normalized spacial score (nSPS) is 11.9. The number of rotatable bonds is 2. The first-order chi connectivity index (χ1) is 6.54. The van der Waals surface area contributed by atoms with Gasteiger partial charge in [0.25, 0.3) is 0 Å². The summed E-state index contributed by atoms with van der Waals surface area (Å²) in [5, 5.41) is 9.32. The molecule has 0 fully saturated rings. The van der Waals surface area contributed by atoms with Gasteiger partial charge in [-0.05, 0) is 19.1 Å². The molecule has 0 radical (unpaired) electrons. The molecule has 0 amide bonds. The van der Waals surface area contributed by atoms with Gasteiger partial charge in [-0.1, -0.05) is 39.1 Å². The highest BCUT2D eigenvalue weighted by Crippen LogP contribution is 2.36. The number of hydrogen-bond acceptors (Lipinski definition) is 2. The molecule has 1 aromatic rings. The van der Waals surface area contributed by atoms with Crippen LogP contribution in [-0.4, -0.2) is 6.10 Å². The number of hydrogen-bond donors (Lipinski definition) is 0. The maximum atomic E-state index is 8.56. The van der Waals surface area contributed by atoms with E-state index < -0.39 is 6.10 Å². The van der Waals surface area contributed by atoms with E-state index in [0.29, 0.717) is 15.8 Å². The molecule has 1 unspecified atom stereocenters. The van der Waals surface area contributed by atoms with Crippen LogP contribution in [0.1, 0.15) is 6.92 Å². The van der Waals surface area contributed by atoms with Gasteiger partial charge < -0.3 is 4.74 Å². The highest BCUT2D eigenvalue weighted by atomic mass is 79.9. The van der Waals surface area contributed by atoms with Crippen molar-refractivity contribution in [3.63, 3.8) is 0 Å². The summed E-state index contributed by atoms with van der Waals surface area (Å²) in [5.74, 6) is 0.339. The summed E-state index contributed by atoms with van der Waals surface area (Å²) in [6.07, 6.45) is -0.578. The minimum atomic E-state index is -0.578. The molecule has 5 heteroatoms. The number of nitriles is 1. The van der Waals surface area contributed by atoms with E-state index in [1.807, 2.05) is 6.07 Å². The summed E-state index contributed by atoms with van der Waals surface area (Å²) in [7, 11) is 0. The molecule has 0 heterocycles. The van der Waals surface area contributed by atoms with Crippen LogP contribution in [0.2, 0.25) is 10.0 Å². The van der Waals surface area contributed by atoms with Gasteiger partial charge in [-0.25, -0.2) is 0 Å². The Morgan fingerprint density at radius 3 is 2.36 bits per heavy atom. The van der Waals surface area contributed by atoms with Crippen LogP contribution in [0, 0.1) is 11.3 Å². The fraction of sp³-hybridized carbons (Fsp3) is 0.222. The smallest absolute Gasteiger partial charge is 0.181 e. The van der Waals surface area contributed by atoms with Crippen molar-refractivity contribution in [2.45, 2.75) is 13.0 Å². The lowest BCUT2D eigenvalue weighted by molar-refractivity contribution is 0.277. The molecule has 0 N–H and O–H groups in total. The van der Waals surface area contributed by atoms with E-state index in [4.69, 9.17) is 33.2 Å². The largest absolute Gasteiger partial charge is 0.473 e. The number of halogens is 3. The molecular weight excluding hydrogens is 289 g/mol. The first-order valence-corrected chi connectivity index (χ1v) is 5.30. The third-order valence-electron chi connectivity index (χ3n) is 1.44. The van der Waals surface area contributed by atoms with E-state index in [1.54, 1.807) is 19.1 Å². The molecule has 0 spiro atoms. The molecule has 1 aromatic carbocycles. The molecule has 0 saturated carbocycles. The lowest BCUT2D eigenvalue weighted by Gasteiger charge is -2.11. The van der Waals surface area contributed by atoms with E-state index in [2.05, 4.69) is 15.9 Å². The summed E-state index contributed by atoms with van der Waals surface area (Å²) in [6.45, 7) is 1.62. The predicted molar refractivity (Wildman–Crippen MR) is 59.9 cm³/mol. The quantitative estimate of drug-likeness (QED) is 0.824. The lowest BCUT2D eigenvalue weighted by atomic mass is 10.3. The molecule has 0 aliphatic heterocycles. The second-order valence-electron chi connectivity index (χ2n) is 2.59. The van der Waals surface area contributed by atoms with Crippen LogP contribution in [0.5, 0.6) is 5.75 Å². The van der Waals surface area contributed by atoms with Crippen LogP contribution < -0.4 is 4.74 Å². The summed E-state index contributed by atoms with van der Waals surface area (Å²) in [6, 6.07) is 5.25. The average molecular weight is 295 g/mol. The minimum Gasteiger partial charge on any atom is -0.473 e. The van der Waals surface area contributed by atoms with Gasteiger partial charge in [-0.3, -0.25) is 0 Å². The third-order valence-corrected chi connectivity index (χ3v) is 2.46. The molecule has 0 bridgehead atoms. The van der Waals surface area contributed by atoms with Crippen molar-refractivity contribution in [1.82, 2.24) is 0 Å². The van der Waals surface area contributed by atoms with Crippen molar-refractivity contribution in [1.29, 1.82) is 5.26 Å². The van der Waals surface area contributed by atoms with Crippen LogP contribution in [0.15, 0.2) is 16.6 Å². The zero-order valence-electron chi connectivity index (χ0n) is 7.22. The molecule has 14 heavy (non-hydrogen) atoms. The molecule has 0 saturated heterocycles. The van der Waals surface area contributed by atoms with E-state index in [-0.39, 0.29) is 0 Å². The summed E-state index contributed by atoms with van der Waals surface area (Å²) < 4.78 is 6.00. The van der Waals surface area contributed by atoms with Gasteiger partial charge in [-0.15, -0.1) is 0 Å². The van der Waals surface area contributed by atoms with Crippen LogP contribution >= 0.6 is 39.1 Å². The average Bonchev–Trinajstić information content (AvgIpc) is 2.10. The number of nitrogens with zero attached hydrogens (tertiary/aromatic N) is 1. The van der Waals surface area contributed by atoms with Gasteiger partial charge in [0, 0.05) is 4.47 Å². The maximum absolute atomic E-state index is 8.56. The number of ether oxygens (including phenoxy) is 1. The molecule has 1 atom stereocenters. The Kier molecular flexibility index (Phi) is 4.06. The van der Waals surface area contributed by atoms with Crippen LogP contribution in [0.3, 0.4) is 0 Å². The van der Waals surface area contributed by atoms with Crippen molar-refractivity contribution < 1.29 is 4.74 Å². The topological polar surface area (TPSA) is 33.0 Å². The SMILES string of the molecule is CC(C#N)Oc1c(Cl)cc(Br)cc1Cl. The summed E-state index contributed by atoms with van der Waals surface area (Å²) in [5.41, 5.74) is 0. The molecule has 0 aromatic heterocycles. The van der Waals surface area contributed by atoms with Crippen LogP contribution in [0.25, 0.3) is 0 Å². The third kappa shape index (κ3) is 2.78.